The zero-order valence-electron chi connectivity index (χ0n) is 11.1. The lowest BCUT2D eigenvalue weighted by atomic mass is 10.4. The van der Waals surface area contributed by atoms with Crippen LogP contribution in [0.25, 0.3) is 0 Å². The van der Waals surface area contributed by atoms with Gasteiger partial charge in [-0.15, -0.1) is 0 Å². The van der Waals surface area contributed by atoms with E-state index in [-0.39, 0.29) is 5.88 Å². The highest BCUT2D eigenvalue weighted by atomic mass is 16.6. The van der Waals surface area contributed by atoms with E-state index in [9.17, 15) is 4.79 Å². The van der Waals surface area contributed by atoms with E-state index in [2.05, 4.69) is 4.98 Å². The third kappa shape index (κ3) is 3.03. The summed E-state index contributed by atoms with van der Waals surface area (Å²) in [6.07, 6.45) is 1.07. The number of hydrogen-bond acceptors (Lipinski definition) is 5. The molecule has 0 fully saturated rings. The van der Waals surface area contributed by atoms with Crippen molar-refractivity contribution in [1.82, 2.24) is 9.88 Å². The Balaban J connectivity index is 2.93. The van der Waals surface area contributed by atoms with Crippen molar-refractivity contribution in [3.63, 3.8) is 0 Å². The topological polar surface area (TPSA) is 60.9 Å². The molecule has 0 radical (unpaired) electrons. The van der Waals surface area contributed by atoms with E-state index in [1.54, 1.807) is 11.0 Å². The Hall–Kier alpha value is -1.98. The van der Waals surface area contributed by atoms with Crippen LogP contribution in [-0.4, -0.2) is 43.3 Å². The lowest BCUT2D eigenvalue weighted by Crippen LogP contribution is -2.33. The summed E-state index contributed by atoms with van der Waals surface area (Å²) >= 11 is 0. The van der Waals surface area contributed by atoms with Crippen molar-refractivity contribution in [3.8, 4) is 17.4 Å². The standard InChI is InChI=1S/C12H18N2O4/c1-5-14(6-2)12(15)18-9-7-8-13-11(17-4)10(9)16-3/h7-8H,5-6H2,1-4H3. The summed E-state index contributed by atoms with van der Waals surface area (Å²) in [6, 6.07) is 1.56. The number of methoxy groups -OCH3 is 2. The van der Waals surface area contributed by atoms with Crippen molar-refractivity contribution in [2.75, 3.05) is 27.3 Å². The third-order valence-corrected chi connectivity index (χ3v) is 2.45. The summed E-state index contributed by atoms with van der Waals surface area (Å²) in [6.45, 7) is 4.93. The molecule has 100 valence electrons. The summed E-state index contributed by atoms with van der Waals surface area (Å²) in [4.78, 5) is 17.4. The number of pyridine rings is 1. The fourth-order valence-corrected chi connectivity index (χ4v) is 1.47. The van der Waals surface area contributed by atoms with Crippen LogP contribution in [0.5, 0.6) is 17.4 Å². The second-order valence-corrected chi connectivity index (χ2v) is 3.39. The van der Waals surface area contributed by atoms with Gasteiger partial charge >= 0.3 is 6.09 Å². The van der Waals surface area contributed by atoms with Crippen molar-refractivity contribution < 1.29 is 19.0 Å². The molecule has 0 saturated heterocycles. The van der Waals surface area contributed by atoms with Crippen molar-refractivity contribution in [3.05, 3.63) is 12.3 Å². The smallest absolute Gasteiger partial charge is 0.415 e. The van der Waals surface area contributed by atoms with Gasteiger partial charge < -0.3 is 19.1 Å². The van der Waals surface area contributed by atoms with E-state index in [0.29, 0.717) is 24.6 Å². The van der Waals surface area contributed by atoms with Crippen LogP contribution in [0.15, 0.2) is 12.3 Å². The molecule has 1 rings (SSSR count). The molecule has 0 atom stereocenters. The molecule has 0 aromatic carbocycles. The van der Waals surface area contributed by atoms with Gasteiger partial charge in [-0.1, -0.05) is 0 Å². The first kappa shape index (κ1) is 14.1. The second-order valence-electron chi connectivity index (χ2n) is 3.39. The number of hydrogen-bond donors (Lipinski definition) is 0. The van der Waals surface area contributed by atoms with Gasteiger partial charge in [-0.3, -0.25) is 0 Å². The normalized spacial score (nSPS) is 9.78. The number of carbonyl (C=O) groups is 1. The van der Waals surface area contributed by atoms with Gasteiger partial charge in [0.1, 0.15) is 0 Å². The molecule has 0 spiro atoms. The van der Waals surface area contributed by atoms with Crippen LogP contribution < -0.4 is 14.2 Å². The van der Waals surface area contributed by atoms with Crippen molar-refractivity contribution in [2.24, 2.45) is 0 Å². The van der Waals surface area contributed by atoms with E-state index in [1.807, 2.05) is 13.8 Å². The zero-order chi connectivity index (χ0) is 13.5. The fourth-order valence-electron chi connectivity index (χ4n) is 1.47. The molecular formula is C12H18N2O4. The average Bonchev–Trinajstić information content (AvgIpc) is 2.39. The fraction of sp³-hybridized carbons (Fsp3) is 0.500. The molecule has 1 aromatic heterocycles. The van der Waals surface area contributed by atoms with Crippen molar-refractivity contribution in [2.45, 2.75) is 13.8 Å². The molecular weight excluding hydrogens is 236 g/mol. The first-order valence-electron chi connectivity index (χ1n) is 5.71. The van der Waals surface area contributed by atoms with Gasteiger partial charge in [0.15, 0.2) is 5.75 Å². The summed E-state index contributed by atoms with van der Waals surface area (Å²) in [5, 5.41) is 0. The van der Waals surface area contributed by atoms with Crippen LogP contribution in [0.1, 0.15) is 13.8 Å². The van der Waals surface area contributed by atoms with Gasteiger partial charge in [-0.05, 0) is 13.8 Å². The van der Waals surface area contributed by atoms with Crippen LogP contribution in [0, 0.1) is 0 Å². The number of aromatic nitrogens is 1. The molecule has 1 heterocycles. The van der Waals surface area contributed by atoms with Gasteiger partial charge in [0.25, 0.3) is 5.88 Å². The molecule has 0 unspecified atom stereocenters. The van der Waals surface area contributed by atoms with Gasteiger partial charge in [-0.2, -0.15) is 0 Å². The third-order valence-electron chi connectivity index (χ3n) is 2.45. The predicted octanol–water partition coefficient (Wildman–Crippen LogP) is 1.94. The van der Waals surface area contributed by atoms with Crippen LogP contribution in [-0.2, 0) is 0 Å². The largest absolute Gasteiger partial charge is 0.489 e. The predicted molar refractivity (Wildman–Crippen MR) is 66.3 cm³/mol. The molecule has 18 heavy (non-hydrogen) atoms. The van der Waals surface area contributed by atoms with Crippen LogP contribution in [0.3, 0.4) is 0 Å². The number of carbonyl (C=O) groups excluding carboxylic acids is 1. The Morgan fingerprint density at radius 2 is 1.94 bits per heavy atom. The lowest BCUT2D eigenvalue weighted by Gasteiger charge is -2.19. The van der Waals surface area contributed by atoms with E-state index in [0.717, 1.165) is 0 Å². The molecule has 6 heteroatoms. The van der Waals surface area contributed by atoms with E-state index in [4.69, 9.17) is 14.2 Å². The highest BCUT2D eigenvalue weighted by Crippen LogP contribution is 2.34. The molecule has 6 nitrogen and oxygen atoms in total. The summed E-state index contributed by atoms with van der Waals surface area (Å²) in [7, 11) is 2.94. The summed E-state index contributed by atoms with van der Waals surface area (Å²) in [5.74, 6) is 0.879. The first-order chi connectivity index (χ1) is 8.67. The van der Waals surface area contributed by atoms with Crippen LogP contribution in [0.4, 0.5) is 4.79 Å². The molecule has 0 aliphatic heterocycles. The Morgan fingerprint density at radius 3 is 2.44 bits per heavy atom. The maximum Gasteiger partial charge on any atom is 0.415 e. The second kappa shape index (κ2) is 6.68. The van der Waals surface area contributed by atoms with Gasteiger partial charge in [-0.25, -0.2) is 9.78 Å². The zero-order valence-corrected chi connectivity index (χ0v) is 11.1. The molecule has 1 aromatic rings. The highest BCUT2D eigenvalue weighted by Gasteiger charge is 2.18. The van der Waals surface area contributed by atoms with E-state index >= 15 is 0 Å². The minimum atomic E-state index is -0.424. The minimum absolute atomic E-state index is 0.280. The highest BCUT2D eigenvalue weighted by molar-refractivity contribution is 5.72. The minimum Gasteiger partial charge on any atom is -0.489 e. The maximum atomic E-state index is 11.8. The summed E-state index contributed by atoms with van der Waals surface area (Å²) in [5.41, 5.74) is 0. The monoisotopic (exact) mass is 254 g/mol. The summed E-state index contributed by atoms with van der Waals surface area (Å²) < 4.78 is 15.4. The van der Waals surface area contributed by atoms with E-state index in [1.165, 1.54) is 20.4 Å². The molecule has 0 saturated carbocycles. The lowest BCUT2D eigenvalue weighted by molar-refractivity contribution is 0.155. The molecule has 0 aliphatic rings. The van der Waals surface area contributed by atoms with Crippen molar-refractivity contribution >= 4 is 6.09 Å². The van der Waals surface area contributed by atoms with Gasteiger partial charge in [0.2, 0.25) is 5.75 Å². The average molecular weight is 254 g/mol. The molecule has 1 amide bonds. The number of rotatable bonds is 5. The molecule has 0 N–H and O–H groups in total. The van der Waals surface area contributed by atoms with Gasteiger partial charge in [0.05, 0.1) is 14.2 Å². The maximum absolute atomic E-state index is 11.8. The SMILES string of the molecule is CCN(CC)C(=O)Oc1ccnc(OC)c1OC. The molecule has 0 bridgehead atoms. The Morgan fingerprint density at radius 1 is 1.28 bits per heavy atom. The van der Waals surface area contributed by atoms with Crippen molar-refractivity contribution in [1.29, 1.82) is 0 Å². The quantitative estimate of drug-likeness (QED) is 0.803. The Labute approximate surface area is 106 Å². The first-order valence-corrected chi connectivity index (χ1v) is 5.71. The number of ether oxygens (including phenoxy) is 3. The Bertz CT molecular complexity index is 405. The number of amides is 1. The van der Waals surface area contributed by atoms with Crippen LogP contribution in [0.2, 0.25) is 0 Å². The number of nitrogens with zero attached hydrogens (tertiary/aromatic N) is 2. The molecule has 0 aliphatic carbocycles. The van der Waals surface area contributed by atoms with Crippen LogP contribution >= 0.6 is 0 Å². The Kier molecular flexibility index (Phi) is 5.23. The van der Waals surface area contributed by atoms with E-state index < -0.39 is 6.09 Å². The van der Waals surface area contributed by atoms with Gasteiger partial charge in [0, 0.05) is 25.4 Å².